The highest BCUT2D eigenvalue weighted by Crippen LogP contribution is 2.44. The predicted molar refractivity (Wildman–Crippen MR) is 237 cm³/mol. The van der Waals surface area contributed by atoms with E-state index < -0.39 is 0 Å². The van der Waals surface area contributed by atoms with Gasteiger partial charge in [0.25, 0.3) is 0 Å². The van der Waals surface area contributed by atoms with E-state index in [-0.39, 0.29) is 17.3 Å². The van der Waals surface area contributed by atoms with E-state index in [0.29, 0.717) is 11.4 Å². The SMILES string of the molecule is CC(C)c1cc(-c2ccccc2)cc(C(C)C)c1N(C(=N)c1cccc2c1oc1cc(-c3ccc(-c4ccccc4)cc3)ccc12)c1cncc(C(C)(C)C)c1. The van der Waals surface area contributed by atoms with Crippen molar-refractivity contribution in [1.29, 1.82) is 5.41 Å². The molecule has 0 unspecified atom stereocenters. The summed E-state index contributed by atoms with van der Waals surface area (Å²) in [6.07, 6.45) is 3.85. The molecule has 56 heavy (non-hydrogen) atoms. The van der Waals surface area contributed by atoms with Crippen LogP contribution < -0.4 is 4.90 Å². The number of anilines is 2. The first-order chi connectivity index (χ1) is 27.0. The quantitative estimate of drug-likeness (QED) is 0.125. The lowest BCUT2D eigenvalue weighted by Gasteiger charge is -2.33. The van der Waals surface area contributed by atoms with Crippen LogP contribution in [-0.2, 0) is 5.41 Å². The van der Waals surface area contributed by atoms with Crippen molar-refractivity contribution in [3.8, 4) is 33.4 Å². The number of fused-ring (bicyclic) bond motifs is 3. The molecule has 8 aromatic rings. The second kappa shape index (κ2) is 14.8. The van der Waals surface area contributed by atoms with Crippen molar-refractivity contribution >= 4 is 39.1 Å². The minimum Gasteiger partial charge on any atom is -0.455 e. The highest BCUT2D eigenvalue weighted by atomic mass is 16.3. The van der Waals surface area contributed by atoms with Gasteiger partial charge < -0.3 is 4.42 Å². The fourth-order valence-corrected chi connectivity index (χ4v) is 7.72. The Kier molecular flexibility index (Phi) is 9.68. The Morgan fingerprint density at radius 2 is 1.12 bits per heavy atom. The van der Waals surface area contributed by atoms with Gasteiger partial charge in [-0.05, 0) is 104 Å². The molecule has 0 aliphatic rings. The number of furan rings is 1. The maximum atomic E-state index is 10.2. The van der Waals surface area contributed by atoms with Gasteiger partial charge in [0.1, 0.15) is 17.0 Å². The highest BCUT2D eigenvalue weighted by Gasteiger charge is 2.29. The minimum absolute atomic E-state index is 0.131. The van der Waals surface area contributed by atoms with Gasteiger partial charge in [-0.1, -0.05) is 152 Å². The van der Waals surface area contributed by atoms with E-state index in [0.717, 1.165) is 50.0 Å². The number of hydrogen-bond donors (Lipinski definition) is 1. The largest absolute Gasteiger partial charge is 0.455 e. The van der Waals surface area contributed by atoms with Crippen LogP contribution in [0.2, 0.25) is 0 Å². The normalized spacial score (nSPS) is 11.9. The topological polar surface area (TPSA) is 53.1 Å². The van der Waals surface area contributed by atoms with Crippen LogP contribution in [0.4, 0.5) is 11.4 Å². The summed E-state index contributed by atoms with van der Waals surface area (Å²) in [5.41, 5.74) is 14.4. The molecule has 0 fully saturated rings. The molecule has 2 heterocycles. The molecule has 0 atom stereocenters. The predicted octanol–water partition coefficient (Wildman–Crippen LogP) is 14.7. The summed E-state index contributed by atoms with van der Waals surface area (Å²) in [4.78, 5) is 6.91. The first kappa shape index (κ1) is 36.7. The Morgan fingerprint density at radius 3 is 1.71 bits per heavy atom. The fraction of sp³-hybridized carbons (Fsp3) is 0.192. The van der Waals surface area contributed by atoms with Gasteiger partial charge in [-0.15, -0.1) is 0 Å². The van der Waals surface area contributed by atoms with Gasteiger partial charge >= 0.3 is 0 Å². The van der Waals surface area contributed by atoms with Crippen molar-refractivity contribution in [2.45, 2.75) is 65.7 Å². The van der Waals surface area contributed by atoms with Gasteiger partial charge in [0, 0.05) is 17.0 Å². The molecular weight excluding hydrogens is 683 g/mol. The molecule has 0 amide bonds. The molecule has 1 N–H and O–H groups in total. The van der Waals surface area contributed by atoms with Crippen molar-refractivity contribution in [3.63, 3.8) is 0 Å². The monoisotopic (exact) mass is 731 g/mol. The van der Waals surface area contributed by atoms with Crippen LogP contribution in [0.5, 0.6) is 0 Å². The average molecular weight is 732 g/mol. The summed E-state index contributed by atoms with van der Waals surface area (Å²) in [5.74, 6) is 0.709. The van der Waals surface area contributed by atoms with Crippen LogP contribution in [-0.4, -0.2) is 10.8 Å². The van der Waals surface area contributed by atoms with Gasteiger partial charge in [0.05, 0.1) is 23.1 Å². The lowest BCUT2D eigenvalue weighted by molar-refractivity contribution is 0.587. The van der Waals surface area contributed by atoms with Gasteiger partial charge in [0.15, 0.2) is 0 Å². The number of nitrogens with zero attached hydrogens (tertiary/aromatic N) is 2. The maximum Gasteiger partial charge on any atom is 0.146 e. The van der Waals surface area contributed by atoms with E-state index in [2.05, 4.69) is 175 Å². The van der Waals surface area contributed by atoms with Gasteiger partial charge in [-0.3, -0.25) is 15.3 Å². The third-order valence-corrected chi connectivity index (χ3v) is 10.9. The molecule has 4 heteroatoms. The van der Waals surface area contributed by atoms with Crippen molar-refractivity contribution in [1.82, 2.24) is 4.98 Å². The van der Waals surface area contributed by atoms with Crippen LogP contribution in [0.15, 0.2) is 156 Å². The summed E-state index contributed by atoms with van der Waals surface area (Å²) in [6, 6.07) is 49.2. The number of benzene rings is 6. The van der Waals surface area contributed by atoms with Gasteiger partial charge in [0.2, 0.25) is 0 Å². The summed E-state index contributed by atoms with van der Waals surface area (Å²) in [5, 5.41) is 12.3. The molecule has 4 nitrogen and oxygen atoms in total. The Balaban J connectivity index is 1.29. The van der Waals surface area contributed by atoms with E-state index in [9.17, 15) is 5.41 Å². The Labute approximate surface area is 331 Å². The first-order valence-electron chi connectivity index (χ1n) is 19.7. The molecule has 0 spiro atoms. The zero-order valence-corrected chi connectivity index (χ0v) is 33.4. The van der Waals surface area contributed by atoms with E-state index in [4.69, 9.17) is 9.40 Å². The van der Waals surface area contributed by atoms with Gasteiger partial charge in [-0.2, -0.15) is 0 Å². The number of nitrogens with one attached hydrogen (secondary N) is 1. The molecule has 278 valence electrons. The van der Waals surface area contributed by atoms with Crippen LogP contribution in [0.3, 0.4) is 0 Å². The summed E-state index contributed by atoms with van der Waals surface area (Å²) in [6.45, 7) is 15.6. The molecule has 0 radical (unpaired) electrons. The summed E-state index contributed by atoms with van der Waals surface area (Å²) in [7, 11) is 0. The number of hydrogen-bond acceptors (Lipinski definition) is 3. The standard InChI is InChI=1S/C52H49N3O/c1-33(2)46-27-40(36-17-12-9-13-18-36)28-47(34(3)4)49(46)55(42-30-41(31-54-32-42)52(5,6)7)51(53)45-20-14-19-44-43-26-25-39(29-48(43)56-50(44)45)38-23-21-37(22-24-38)35-15-10-8-11-16-35/h8-34,53H,1-7H3. The molecule has 0 bridgehead atoms. The molecular formula is C52H49N3O. The zero-order chi connectivity index (χ0) is 39.1. The number of amidine groups is 1. The van der Waals surface area contributed by atoms with E-state index in [1.54, 1.807) is 0 Å². The fourth-order valence-electron chi connectivity index (χ4n) is 7.72. The van der Waals surface area contributed by atoms with Crippen molar-refractivity contribution in [3.05, 3.63) is 174 Å². The van der Waals surface area contributed by atoms with Crippen molar-refractivity contribution in [2.75, 3.05) is 4.90 Å². The van der Waals surface area contributed by atoms with Crippen LogP contribution in [0.25, 0.3) is 55.3 Å². The highest BCUT2D eigenvalue weighted by molar-refractivity contribution is 6.21. The molecule has 8 rings (SSSR count). The van der Waals surface area contributed by atoms with Crippen LogP contribution in [0, 0.1) is 5.41 Å². The average Bonchev–Trinajstić information content (AvgIpc) is 3.59. The van der Waals surface area contributed by atoms with E-state index in [1.165, 1.54) is 33.4 Å². The first-order valence-corrected chi connectivity index (χ1v) is 19.7. The lowest BCUT2D eigenvalue weighted by Crippen LogP contribution is -2.29. The van der Waals surface area contributed by atoms with Crippen LogP contribution >= 0.6 is 0 Å². The summed E-state index contributed by atoms with van der Waals surface area (Å²) >= 11 is 0. The molecule has 0 saturated heterocycles. The number of aromatic nitrogens is 1. The van der Waals surface area contributed by atoms with E-state index in [1.807, 2.05) is 30.6 Å². The molecule has 2 aromatic heterocycles. The summed E-state index contributed by atoms with van der Waals surface area (Å²) < 4.78 is 6.81. The molecule has 6 aromatic carbocycles. The number of rotatable bonds is 8. The molecule has 0 aliphatic carbocycles. The second-order valence-electron chi connectivity index (χ2n) is 16.5. The van der Waals surface area contributed by atoms with Crippen molar-refractivity contribution < 1.29 is 4.42 Å². The third-order valence-electron chi connectivity index (χ3n) is 10.9. The maximum absolute atomic E-state index is 10.2. The van der Waals surface area contributed by atoms with E-state index >= 15 is 0 Å². The Hall–Kier alpha value is -6.26. The molecule has 0 aliphatic heterocycles. The van der Waals surface area contributed by atoms with Gasteiger partial charge in [-0.25, -0.2) is 0 Å². The second-order valence-corrected chi connectivity index (χ2v) is 16.5. The molecule has 0 saturated carbocycles. The number of para-hydroxylation sites is 1. The van der Waals surface area contributed by atoms with Crippen molar-refractivity contribution in [2.24, 2.45) is 0 Å². The third kappa shape index (κ3) is 6.92. The Morgan fingerprint density at radius 1 is 0.571 bits per heavy atom. The Bertz CT molecular complexity index is 2650. The van der Waals surface area contributed by atoms with Crippen LogP contribution in [0.1, 0.15) is 82.6 Å². The minimum atomic E-state index is -0.131. The lowest BCUT2D eigenvalue weighted by atomic mass is 9.86. The number of pyridine rings is 1. The smallest absolute Gasteiger partial charge is 0.146 e. The zero-order valence-electron chi connectivity index (χ0n) is 33.4.